The Morgan fingerprint density at radius 3 is 1.75 bits per heavy atom. The van der Waals surface area contributed by atoms with Gasteiger partial charge in [0.1, 0.15) is 6.61 Å². The number of rotatable bonds is 1. The Bertz CT molecular complexity index is 62.5. The van der Waals surface area contributed by atoms with Crippen molar-refractivity contribution in [1.82, 2.24) is 0 Å². The summed E-state index contributed by atoms with van der Waals surface area (Å²) in [5, 5.41) is 15.0. The maximum Gasteiger partial charge on any atom is 2.00 e. The molecule has 8 heavy (non-hydrogen) atoms. The molecular weight excluding hydrogens is 120 g/mol. The Labute approximate surface area is 67.1 Å². The van der Waals surface area contributed by atoms with Crippen molar-refractivity contribution in [2.75, 3.05) is 6.61 Å². The van der Waals surface area contributed by atoms with Gasteiger partial charge in [0.05, 0.1) is 0 Å². The largest absolute Gasteiger partial charge is 2.00 e. The molecule has 0 aromatic rings. The number of carboxylic acids is 1. The molecule has 0 aliphatic rings. The van der Waals surface area contributed by atoms with Gasteiger partial charge in [0.2, 0.25) is 0 Å². The first-order chi connectivity index (χ1) is 3.27. The van der Waals surface area contributed by atoms with Crippen LogP contribution in [0, 0.1) is 0 Å². The molecule has 0 aromatic carbocycles. The van der Waals surface area contributed by atoms with E-state index < -0.39 is 12.6 Å². The van der Waals surface area contributed by atoms with E-state index in [9.17, 15) is 0 Å². The van der Waals surface area contributed by atoms with Crippen LogP contribution in [0.15, 0.2) is 13.2 Å². The number of carboxylic acid groups (broad SMARTS) is 1. The summed E-state index contributed by atoms with van der Waals surface area (Å²) in [7, 11) is 0. The first kappa shape index (κ1) is 15.7. The first-order valence-electron chi connectivity index (χ1n) is 1.60. The molecule has 0 radical (unpaired) electrons. The second kappa shape index (κ2) is 15.8. The third-order valence-corrected chi connectivity index (χ3v) is 0.135. The standard InChI is InChI=1S/C2H4O3.C2H4.Mg.2H/c3-1-2(4)5;1-2;;;/h3H,1H2,(H,4,5);1-2H2;;;/q;;+2;2*-1. The number of aliphatic hydroxyl groups is 1. The number of hydrogen-bond donors (Lipinski definition) is 2. The van der Waals surface area contributed by atoms with Crippen LogP contribution in [0.3, 0.4) is 0 Å². The predicted octanol–water partition coefficient (Wildman–Crippen LogP) is -0.290. The van der Waals surface area contributed by atoms with E-state index in [0.717, 1.165) is 0 Å². The van der Waals surface area contributed by atoms with Crippen LogP contribution in [0.1, 0.15) is 2.85 Å². The van der Waals surface area contributed by atoms with Gasteiger partial charge in [-0.25, -0.2) is 4.79 Å². The molecule has 0 amide bonds. The normalized spacial score (nSPS) is 5.12. The van der Waals surface area contributed by atoms with E-state index in [-0.39, 0.29) is 25.9 Å². The van der Waals surface area contributed by atoms with Crippen molar-refractivity contribution >= 4 is 29.0 Å². The molecular formula is C4H10MgO3. The molecule has 0 saturated carbocycles. The molecule has 0 aromatic heterocycles. The van der Waals surface area contributed by atoms with Crippen LogP contribution in [0.2, 0.25) is 0 Å². The van der Waals surface area contributed by atoms with Crippen LogP contribution in [0.25, 0.3) is 0 Å². The van der Waals surface area contributed by atoms with E-state index >= 15 is 0 Å². The summed E-state index contributed by atoms with van der Waals surface area (Å²) in [5.74, 6) is -1.19. The minimum Gasteiger partial charge on any atom is -1.00 e. The average molecular weight is 130 g/mol. The quantitative estimate of drug-likeness (QED) is 0.379. The van der Waals surface area contributed by atoms with Crippen LogP contribution in [0.4, 0.5) is 0 Å². The molecule has 0 unspecified atom stereocenters. The summed E-state index contributed by atoms with van der Waals surface area (Å²) >= 11 is 0. The minimum absolute atomic E-state index is 0. The maximum atomic E-state index is 9.12. The number of aliphatic hydroxyl groups excluding tert-OH is 1. The van der Waals surface area contributed by atoms with E-state index in [1.54, 1.807) is 0 Å². The summed E-state index contributed by atoms with van der Waals surface area (Å²) in [4.78, 5) is 9.12. The monoisotopic (exact) mass is 130 g/mol. The molecule has 0 fully saturated rings. The van der Waals surface area contributed by atoms with E-state index in [0.29, 0.717) is 0 Å². The molecule has 0 bridgehead atoms. The van der Waals surface area contributed by atoms with Crippen molar-refractivity contribution in [3.05, 3.63) is 13.2 Å². The van der Waals surface area contributed by atoms with E-state index in [4.69, 9.17) is 15.0 Å². The number of carbonyl (C=O) groups is 1. The van der Waals surface area contributed by atoms with E-state index in [2.05, 4.69) is 13.2 Å². The maximum absolute atomic E-state index is 9.12. The van der Waals surface area contributed by atoms with Gasteiger partial charge in [-0.15, -0.1) is 13.2 Å². The van der Waals surface area contributed by atoms with Gasteiger partial charge in [0.15, 0.2) is 0 Å². The third kappa shape index (κ3) is 38.6. The van der Waals surface area contributed by atoms with E-state index in [1.807, 2.05) is 0 Å². The average Bonchev–Trinajstić information content (AvgIpc) is 1.73. The van der Waals surface area contributed by atoms with Gasteiger partial charge in [-0.1, -0.05) is 0 Å². The fraction of sp³-hybridized carbons (Fsp3) is 0.250. The summed E-state index contributed by atoms with van der Waals surface area (Å²) in [6, 6.07) is 0. The Balaban J connectivity index is -0.0000000154. The summed E-state index contributed by atoms with van der Waals surface area (Å²) in [6.45, 7) is 5.22. The Hall–Kier alpha value is -0.0638. The zero-order chi connectivity index (χ0) is 6.28. The number of hydrogen-bond acceptors (Lipinski definition) is 2. The zero-order valence-electron chi connectivity index (χ0n) is 6.63. The van der Waals surface area contributed by atoms with Gasteiger partial charge in [0.25, 0.3) is 0 Å². The molecule has 2 N–H and O–H groups in total. The van der Waals surface area contributed by atoms with Gasteiger partial charge in [-0.3, -0.25) is 0 Å². The molecule has 0 heterocycles. The van der Waals surface area contributed by atoms with Gasteiger partial charge >= 0.3 is 29.0 Å². The van der Waals surface area contributed by atoms with Crippen LogP contribution < -0.4 is 0 Å². The second-order valence-corrected chi connectivity index (χ2v) is 0.552. The van der Waals surface area contributed by atoms with Gasteiger partial charge in [-0.05, 0) is 0 Å². The Kier molecular flexibility index (Phi) is 30.9. The summed E-state index contributed by atoms with van der Waals surface area (Å²) < 4.78 is 0. The van der Waals surface area contributed by atoms with Crippen LogP contribution in [0.5, 0.6) is 0 Å². The summed E-state index contributed by atoms with van der Waals surface area (Å²) in [6.07, 6.45) is 0. The molecule has 3 nitrogen and oxygen atoms in total. The first-order valence-corrected chi connectivity index (χ1v) is 1.60. The molecule has 46 valence electrons. The van der Waals surface area contributed by atoms with E-state index in [1.165, 1.54) is 0 Å². The topological polar surface area (TPSA) is 57.5 Å². The number of aliphatic carboxylic acids is 1. The van der Waals surface area contributed by atoms with Crippen LogP contribution in [-0.4, -0.2) is 45.8 Å². The van der Waals surface area contributed by atoms with Gasteiger partial charge in [-0.2, -0.15) is 0 Å². The van der Waals surface area contributed by atoms with Crippen molar-refractivity contribution < 1.29 is 17.9 Å². The smallest absolute Gasteiger partial charge is 1.00 e. The van der Waals surface area contributed by atoms with Crippen molar-refractivity contribution in [2.45, 2.75) is 0 Å². The van der Waals surface area contributed by atoms with Gasteiger partial charge < -0.3 is 13.1 Å². The molecule has 0 saturated heterocycles. The minimum atomic E-state index is -1.19. The Morgan fingerprint density at radius 2 is 1.75 bits per heavy atom. The fourth-order valence-electron chi connectivity index (χ4n) is 0. The fourth-order valence-corrected chi connectivity index (χ4v) is 0. The SMILES string of the molecule is C=C.O=C(O)CO.[H-].[H-].[Mg+2]. The van der Waals surface area contributed by atoms with Crippen molar-refractivity contribution in [3.8, 4) is 0 Å². The van der Waals surface area contributed by atoms with Crippen molar-refractivity contribution in [1.29, 1.82) is 0 Å². The predicted molar refractivity (Wildman–Crippen MR) is 34.0 cm³/mol. The third-order valence-electron chi connectivity index (χ3n) is 0.135. The van der Waals surface area contributed by atoms with Crippen LogP contribution >= 0.6 is 0 Å². The molecule has 0 aliphatic carbocycles. The molecule has 0 atom stereocenters. The second-order valence-electron chi connectivity index (χ2n) is 0.552. The molecule has 0 aliphatic heterocycles. The van der Waals surface area contributed by atoms with Crippen molar-refractivity contribution in [2.24, 2.45) is 0 Å². The summed E-state index contributed by atoms with van der Waals surface area (Å²) in [5.41, 5.74) is 0. The molecule has 4 heteroatoms. The Morgan fingerprint density at radius 1 is 1.62 bits per heavy atom. The van der Waals surface area contributed by atoms with Crippen molar-refractivity contribution in [3.63, 3.8) is 0 Å². The van der Waals surface area contributed by atoms with Gasteiger partial charge in [0, 0.05) is 0 Å². The molecule has 0 spiro atoms. The molecule has 0 rings (SSSR count). The zero-order valence-corrected chi connectivity index (χ0v) is 6.05. The van der Waals surface area contributed by atoms with Crippen LogP contribution in [-0.2, 0) is 4.79 Å².